The van der Waals surface area contributed by atoms with Gasteiger partial charge in [-0.15, -0.1) is 0 Å². The summed E-state index contributed by atoms with van der Waals surface area (Å²) in [7, 11) is 3.29. The van der Waals surface area contributed by atoms with Crippen molar-refractivity contribution in [2.24, 2.45) is 12.5 Å². The topological polar surface area (TPSA) is 82.6 Å². The van der Waals surface area contributed by atoms with Crippen LogP contribution >= 0.6 is 11.6 Å². The van der Waals surface area contributed by atoms with Crippen LogP contribution in [0.15, 0.2) is 23.0 Å². The molecular formula is C21H27ClN4O3. The Bertz CT molecular complexity index is 983. The Hall–Kier alpha value is -2.25. The number of anilines is 2. The summed E-state index contributed by atoms with van der Waals surface area (Å²) >= 11 is 6.23. The van der Waals surface area contributed by atoms with Gasteiger partial charge in [0.1, 0.15) is 11.6 Å². The third-order valence-electron chi connectivity index (χ3n) is 6.24. The lowest BCUT2D eigenvalue weighted by molar-refractivity contribution is 0.0974. The van der Waals surface area contributed by atoms with Gasteiger partial charge in [0.2, 0.25) is 5.95 Å². The lowest BCUT2D eigenvalue weighted by Crippen LogP contribution is -2.43. The number of aromatic nitrogens is 2. The van der Waals surface area contributed by atoms with Gasteiger partial charge in [-0.3, -0.25) is 9.36 Å². The van der Waals surface area contributed by atoms with E-state index in [0.29, 0.717) is 34.0 Å². The van der Waals surface area contributed by atoms with E-state index in [4.69, 9.17) is 26.8 Å². The first-order valence-electron chi connectivity index (χ1n) is 9.90. The summed E-state index contributed by atoms with van der Waals surface area (Å²) in [5.74, 6) is 1.36. The van der Waals surface area contributed by atoms with Crippen molar-refractivity contribution in [1.82, 2.24) is 9.55 Å². The summed E-state index contributed by atoms with van der Waals surface area (Å²) in [4.78, 5) is 19.9. The summed E-state index contributed by atoms with van der Waals surface area (Å²) in [6, 6.07) is 5.17. The Morgan fingerprint density at radius 2 is 2.07 bits per heavy atom. The SMILES string of the molecule is COc1ccc(-c2c(N)nc(N3CCC4(CC3)CO[C@@H](C)C4)n(C)c2=O)cc1Cl. The molecule has 2 N–H and O–H groups in total. The molecule has 1 atom stereocenters. The molecule has 4 rings (SSSR count). The van der Waals surface area contributed by atoms with Crippen LogP contribution in [0.4, 0.5) is 11.8 Å². The standard InChI is InChI=1S/C21H27ClN4O3/c1-13-11-21(12-29-13)6-8-26(9-7-21)20-24-18(23)17(19(27)25(20)2)14-4-5-16(28-3)15(22)10-14/h4-5,10,13H,6-9,11-12,23H2,1-3H3/t13-/m0/s1. The molecule has 156 valence electrons. The zero-order valence-corrected chi connectivity index (χ0v) is 17.8. The predicted octanol–water partition coefficient (Wildman–Crippen LogP) is 3.09. The molecule has 2 aromatic rings. The van der Waals surface area contributed by atoms with Crippen LogP contribution in [0, 0.1) is 5.41 Å². The third-order valence-corrected chi connectivity index (χ3v) is 6.53. The Labute approximate surface area is 175 Å². The molecule has 0 saturated carbocycles. The van der Waals surface area contributed by atoms with Gasteiger partial charge in [-0.05, 0) is 49.3 Å². The Kier molecular flexibility index (Phi) is 5.21. The van der Waals surface area contributed by atoms with Crippen LogP contribution in [-0.4, -0.2) is 42.5 Å². The van der Waals surface area contributed by atoms with E-state index in [2.05, 4.69) is 16.8 Å². The summed E-state index contributed by atoms with van der Waals surface area (Å²) in [6.45, 7) is 4.64. The second-order valence-corrected chi connectivity index (χ2v) is 8.61. The van der Waals surface area contributed by atoms with Crippen LogP contribution < -0.4 is 20.9 Å². The number of piperidine rings is 1. The van der Waals surface area contributed by atoms with Crippen LogP contribution in [-0.2, 0) is 11.8 Å². The van der Waals surface area contributed by atoms with E-state index in [0.717, 1.165) is 39.0 Å². The van der Waals surface area contributed by atoms with Gasteiger partial charge in [0.05, 0.1) is 30.4 Å². The number of ether oxygens (including phenoxy) is 2. The molecule has 0 unspecified atom stereocenters. The molecule has 2 saturated heterocycles. The highest BCUT2D eigenvalue weighted by molar-refractivity contribution is 6.32. The van der Waals surface area contributed by atoms with Crippen molar-refractivity contribution in [1.29, 1.82) is 0 Å². The Balaban J connectivity index is 1.63. The van der Waals surface area contributed by atoms with E-state index in [1.54, 1.807) is 36.9 Å². The van der Waals surface area contributed by atoms with Crippen molar-refractivity contribution >= 4 is 23.4 Å². The average molecular weight is 419 g/mol. The monoisotopic (exact) mass is 418 g/mol. The van der Waals surface area contributed by atoms with Gasteiger partial charge in [-0.25, -0.2) is 0 Å². The molecule has 2 aliphatic rings. The highest BCUT2D eigenvalue weighted by atomic mass is 35.5. The Morgan fingerprint density at radius 1 is 1.34 bits per heavy atom. The Morgan fingerprint density at radius 3 is 2.66 bits per heavy atom. The molecule has 8 heteroatoms. The van der Waals surface area contributed by atoms with Crippen LogP contribution in [0.3, 0.4) is 0 Å². The van der Waals surface area contributed by atoms with Crippen molar-refractivity contribution in [3.63, 3.8) is 0 Å². The van der Waals surface area contributed by atoms with Gasteiger partial charge >= 0.3 is 0 Å². The summed E-state index contributed by atoms with van der Waals surface area (Å²) in [5, 5.41) is 0.421. The number of nitrogens with two attached hydrogens (primary N) is 1. The summed E-state index contributed by atoms with van der Waals surface area (Å²) in [5.41, 5.74) is 7.30. The van der Waals surface area contributed by atoms with E-state index in [1.807, 2.05) is 0 Å². The summed E-state index contributed by atoms with van der Waals surface area (Å²) in [6.07, 6.45) is 3.49. The van der Waals surface area contributed by atoms with Gasteiger partial charge < -0.3 is 20.1 Å². The molecule has 0 bridgehead atoms. The third kappa shape index (κ3) is 3.57. The number of methoxy groups -OCH3 is 1. The fourth-order valence-electron chi connectivity index (χ4n) is 4.56. The fourth-order valence-corrected chi connectivity index (χ4v) is 4.82. The maximum absolute atomic E-state index is 13.1. The van der Waals surface area contributed by atoms with E-state index >= 15 is 0 Å². The molecule has 0 radical (unpaired) electrons. The second-order valence-electron chi connectivity index (χ2n) is 8.20. The quantitative estimate of drug-likeness (QED) is 0.824. The molecule has 29 heavy (non-hydrogen) atoms. The minimum Gasteiger partial charge on any atom is -0.495 e. The maximum atomic E-state index is 13.1. The van der Waals surface area contributed by atoms with E-state index in [1.165, 1.54) is 0 Å². The van der Waals surface area contributed by atoms with Gasteiger partial charge in [-0.1, -0.05) is 17.7 Å². The number of rotatable bonds is 3. The van der Waals surface area contributed by atoms with Gasteiger partial charge in [0.15, 0.2) is 0 Å². The number of nitrogen functional groups attached to an aromatic ring is 1. The maximum Gasteiger partial charge on any atom is 0.264 e. The number of hydrogen-bond donors (Lipinski definition) is 1. The number of hydrogen-bond acceptors (Lipinski definition) is 6. The minimum absolute atomic E-state index is 0.188. The second kappa shape index (κ2) is 7.54. The number of benzene rings is 1. The molecule has 2 fully saturated rings. The van der Waals surface area contributed by atoms with E-state index in [-0.39, 0.29) is 16.8 Å². The van der Waals surface area contributed by atoms with Crippen molar-refractivity contribution in [2.45, 2.75) is 32.3 Å². The van der Waals surface area contributed by atoms with Crippen molar-refractivity contribution in [3.05, 3.63) is 33.6 Å². The summed E-state index contributed by atoms with van der Waals surface area (Å²) < 4.78 is 12.6. The van der Waals surface area contributed by atoms with Gasteiger partial charge in [-0.2, -0.15) is 4.98 Å². The lowest BCUT2D eigenvalue weighted by Gasteiger charge is -2.39. The first-order valence-corrected chi connectivity index (χ1v) is 10.3. The predicted molar refractivity (Wildman–Crippen MR) is 115 cm³/mol. The van der Waals surface area contributed by atoms with Crippen molar-refractivity contribution in [3.8, 4) is 16.9 Å². The molecule has 1 aromatic heterocycles. The average Bonchev–Trinajstić information content (AvgIpc) is 3.06. The zero-order valence-electron chi connectivity index (χ0n) is 17.1. The van der Waals surface area contributed by atoms with Crippen LogP contribution in [0.5, 0.6) is 5.75 Å². The number of halogens is 1. The molecular weight excluding hydrogens is 392 g/mol. The minimum atomic E-state index is -0.188. The molecule has 0 aliphatic carbocycles. The van der Waals surface area contributed by atoms with E-state index < -0.39 is 0 Å². The molecule has 7 nitrogen and oxygen atoms in total. The van der Waals surface area contributed by atoms with Crippen LogP contribution in [0.1, 0.15) is 26.2 Å². The fraction of sp³-hybridized carbons (Fsp3) is 0.524. The lowest BCUT2D eigenvalue weighted by atomic mass is 9.77. The smallest absolute Gasteiger partial charge is 0.264 e. The first kappa shape index (κ1) is 20.0. The number of nitrogens with zero attached hydrogens (tertiary/aromatic N) is 3. The normalized spacial score (nSPS) is 21.0. The van der Waals surface area contributed by atoms with Crippen LogP contribution in [0.2, 0.25) is 5.02 Å². The highest BCUT2D eigenvalue weighted by Gasteiger charge is 2.41. The van der Waals surface area contributed by atoms with Gasteiger partial charge in [0, 0.05) is 20.1 Å². The van der Waals surface area contributed by atoms with Gasteiger partial charge in [0.25, 0.3) is 5.56 Å². The highest BCUT2D eigenvalue weighted by Crippen LogP contribution is 2.42. The first-order chi connectivity index (χ1) is 13.8. The zero-order chi connectivity index (χ0) is 20.8. The largest absolute Gasteiger partial charge is 0.495 e. The van der Waals surface area contributed by atoms with Crippen LogP contribution in [0.25, 0.3) is 11.1 Å². The van der Waals surface area contributed by atoms with Crippen molar-refractivity contribution in [2.75, 3.05) is 37.4 Å². The molecule has 2 aliphatic heterocycles. The van der Waals surface area contributed by atoms with E-state index in [9.17, 15) is 4.79 Å². The van der Waals surface area contributed by atoms with Crippen molar-refractivity contribution < 1.29 is 9.47 Å². The molecule has 1 aromatic carbocycles. The molecule has 0 amide bonds. The molecule has 3 heterocycles. The molecule has 1 spiro atoms.